The molecule has 0 atom stereocenters. The van der Waals surface area contributed by atoms with Crippen LogP contribution >= 0.6 is 0 Å². The lowest BCUT2D eigenvalue weighted by atomic mass is 9.89. The van der Waals surface area contributed by atoms with Crippen LogP contribution in [-0.4, -0.2) is 19.8 Å². The Balaban J connectivity index is 1.91. The molecule has 1 nitrogen and oxygen atoms in total. The maximum atomic E-state index is 11.7. The van der Waals surface area contributed by atoms with Gasteiger partial charge in [-0.1, -0.05) is 19.3 Å². The first kappa shape index (κ1) is 9.97. The van der Waals surface area contributed by atoms with Crippen LogP contribution in [0.4, 0.5) is 4.39 Å². The maximum absolute atomic E-state index is 11.7. The van der Waals surface area contributed by atoms with Crippen molar-refractivity contribution >= 4 is 0 Å². The zero-order valence-corrected chi connectivity index (χ0v) is 7.82. The highest BCUT2D eigenvalue weighted by atomic mass is 19.1. The first-order valence-electron chi connectivity index (χ1n) is 5.20. The van der Waals surface area contributed by atoms with Gasteiger partial charge in [0.15, 0.2) is 0 Å². The van der Waals surface area contributed by atoms with E-state index in [1.165, 1.54) is 32.1 Å². The number of halogens is 1. The van der Waals surface area contributed by atoms with Crippen molar-refractivity contribution < 1.29 is 4.39 Å². The summed E-state index contributed by atoms with van der Waals surface area (Å²) in [6.07, 6.45) is 7.64. The van der Waals surface area contributed by atoms with Gasteiger partial charge < -0.3 is 5.32 Å². The second-order valence-electron chi connectivity index (χ2n) is 3.75. The quantitative estimate of drug-likeness (QED) is 0.630. The van der Waals surface area contributed by atoms with Crippen molar-refractivity contribution in [1.29, 1.82) is 0 Å². The third-order valence-electron chi connectivity index (χ3n) is 2.64. The first-order chi connectivity index (χ1) is 5.93. The summed E-state index contributed by atoms with van der Waals surface area (Å²) in [4.78, 5) is 0. The minimum absolute atomic E-state index is 0.183. The smallest absolute Gasteiger partial charge is 0.0906 e. The van der Waals surface area contributed by atoms with E-state index in [-0.39, 0.29) is 6.67 Å². The zero-order valence-electron chi connectivity index (χ0n) is 7.82. The van der Waals surface area contributed by atoms with Crippen LogP contribution in [0.5, 0.6) is 0 Å². The van der Waals surface area contributed by atoms with Crippen LogP contribution in [0, 0.1) is 5.92 Å². The van der Waals surface area contributed by atoms with Gasteiger partial charge in [-0.3, -0.25) is 4.39 Å². The van der Waals surface area contributed by atoms with Gasteiger partial charge in [-0.05, 0) is 38.3 Å². The van der Waals surface area contributed by atoms with Crippen LogP contribution in [0.2, 0.25) is 0 Å². The summed E-state index contributed by atoms with van der Waals surface area (Å²) < 4.78 is 11.7. The van der Waals surface area contributed by atoms with Crippen molar-refractivity contribution in [2.45, 2.75) is 38.5 Å². The summed E-state index contributed by atoms with van der Waals surface area (Å²) in [6.45, 7) is 1.78. The van der Waals surface area contributed by atoms with Gasteiger partial charge in [0.2, 0.25) is 0 Å². The van der Waals surface area contributed by atoms with Crippen LogP contribution < -0.4 is 5.32 Å². The molecule has 0 radical (unpaired) electrons. The Hall–Kier alpha value is -0.110. The number of hydrogen-bond acceptors (Lipinski definition) is 1. The Morgan fingerprint density at radius 2 is 1.92 bits per heavy atom. The predicted octanol–water partition coefficient (Wildman–Crippen LogP) is 2.52. The molecule has 0 unspecified atom stereocenters. The molecule has 0 amide bonds. The minimum Gasteiger partial charge on any atom is -0.316 e. The number of hydrogen-bond donors (Lipinski definition) is 1. The topological polar surface area (TPSA) is 12.0 Å². The number of nitrogens with one attached hydrogen (secondary N) is 1. The molecule has 2 heteroatoms. The summed E-state index contributed by atoms with van der Waals surface area (Å²) >= 11 is 0. The third-order valence-corrected chi connectivity index (χ3v) is 2.64. The van der Waals surface area contributed by atoms with Crippen molar-refractivity contribution in [3.63, 3.8) is 0 Å². The standard InChI is InChI=1S/C10H20FN/c11-7-4-8-12-9-10-5-2-1-3-6-10/h10,12H,1-9H2. The van der Waals surface area contributed by atoms with E-state index in [2.05, 4.69) is 5.32 Å². The lowest BCUT2D eigenvalue weighted by molar-refractivity contribution is 0.338. The number of rotatable bonds is 5. The second kappa shape index (κ2) is 6.41. The maximum Gasteiger partial charge on any atom is 0.0906 e. The highest BCUT2D eigenvalue weighted by molar-refractivity contribution is 4.67. The van der Waals surface area contributed by atoms with E-state index in [9.17, 15) is 4.39 Å². The molecule has 1 aliphatic rings. The Morgan fingerprint density at radius 3 is 2.58 bits per heavy atom. The fourth-order valence-corrected chi connectivity index (χ4v) is 1.89. The lowest BCUT2D eigenvalue weighted by Gasteiger charge is -2.21. The van der Waals surface area contributed by atoms with E-state index in [1.807, 2.05) is 0 Å². The van der Waals surface area contributed by atoms with Gasteiger partial charge in [0.1, 0.15) is 0 Å². The average Bonchev–Trinajstić information content (AvgIpc) is 2.14. The lowest BCUT2D eigenvalue weighted by Crippen LogP contribution is -2.25. The Kier molecular flexibility index (Phi) is 5.33. The van der Waals surface area contributed by atoms with Crippen LogP contribution in [0.25, 0.3) is 0 Å². The largest absolute Gasteiger partial charge is 0.316 e. The third kappa shape index (κ3) is 4.05. The molecular weight excluding hydrogens is 153 g/mol. The molecule has 0 spiro atoms. The molecule has 0 aliphatic heterocycles. The predicted molar refractivity (Wildman–Crippen MR) is 50.0 cm³/mol. The summed E-state index contributed by atoms with van der Waals surface area (Å²) in [7, 11) is 0. The monoisotopic (exact) mass is 173 g/mol. The molecule has 72 valence electrons. The molecule has 12 heavy (non-hydrogen) atoms. The van der Waals surface area contributed by atoms with Crippen molar-refractivity contribution in [3.8, 4) is 0 Å². The molecule has 0 aromatic rings. The van der Waals surface area contributed by atoms with Crippen molar-refractivity contribution in [2.24, 2.45) is 5.92 Å². The van der Waals surface area contributed by atoms with E-state index < -0.39 is 0 Å². The summed E-state index contributed by atoms with van der Waals surface area (Å²) in [5.74, 6) is 0.873. The van der Waals surface area contributed by atoms with Crippen LogP contribution in [0.3, 0.4) is 0 Å². The van der Waals surface area contributed by atoms with Crippen LogP contribution in [0.15, 0.2) is 0 Å². The molecule has 1 rings (SSSR count). The van der Waals surface area contributed by atoms with E-state index in [0.29, 0.717) is 6.42 Å². The van der Waals surface area contributed by atoms with Gasteiger partial charge in [-0.25, -0.2) is 0 Å². The van der Waals surface area contributed by atoms with Crippen LogP contribution in [0.1, 0.15) is 38.5 Å². The minimum atomic E-state index is -0.183. The van der Waals surface area contributed by atoms with E-state index in [4.69, 9.17) is 0 Å². The molecular formula is C10H20FN. The van der Waals surface area contributed by atoms with Gasteiger partial charge in [-0.2, -0.15) is 0 Å². The summed E-state index contributed by atoms with van der Waals surface area (Å²) in [6, 6.07) is 0. The summed E-state index contributed by atoms with van der Waals surface area (Å²) in [5.41, 5.74) is 0. The SMILES string of the molecule is FCCCNCC1CCCCC1. The molecule has 0 aromatic heterocycles. The highest BCUT2D eigenvalue weighted by Crippen LogP contribution is 2.22. The fraction of sp³-hybridized carbons (Fsp3) is 1.00. The molecule has 0 aromatic carbocycles. The van der Waals surface area contributed by atoms with Crippen molar-refractivity contribution in [1.82, 2.24) is 5.32 Å². The van der Waals surface area contributed by atoms with Gasteiger partial charge >= 0.3 is 0 Å². The Bertz CT molecular complexity index is 100. The Morgan fingerprint density at radius 1 is 1.17 bits per heavy atom. The molecule has 1 saturated carbocycles. The van der Waals surface area contributed by atoms with Crippen molar-refractivity contribution in [3.05, 3.63) is 0 Å². The molecule has 0 saturated heterocycles. The van der Waals surface area contributed by atoms with Crippen LogP contribution in [-0.2, 0) is 0 Å². The average molecular weight is 173 g/mol. The van der Waals surface area contributed by atoms with Gasteiger partial charge in [0, 0.05) is 0 Å². The number of alkyl halides is 1. The van der Waals surface area contributed by atoms with Gasteiger partial charge in [0.05, 0.1) is 6.67 Å². The summed E-state index contributed by atoms with van der Waals surface area (Å²) in [5, 5.41) is 3.32. The normalized spacial score (nSPS) is 19.8. The van der Waals surface area contributed by atoms with Gasteiger partial charge in [-0.15, -0.1) is 0 Å². The zero-order chi connectivity index (χ0) is 8.65. The first-order valence-corrected chi connectivity index (χ1v) is 5.20. The van der Waals surface area contributed by atoms with E-state index >= 15 is 0 Å². The Labute approximate surface area is 74.7 Å². The highest BCUT2D eigenvalue weighted by Gasteiger charge is 2.11. The molecule has 0 bridgehead atoms. The van der Waals surface area contributed by atoms with Crippen molar-refractivity contribution in [2.75, 3.05) is 19.8 Å². The molecule has 1 fully saturated rings. The van der Waals surface area contributed by atoms with Gasteiger partial charge in [0.25, 0.3) is 0 Å². The second-order valence-corrected chi connectivity index (χ2v) is 3.75. The fourth-order valence-electron chi connectivity index (χ4n) is 1.89. The van der Waals surface area contributed by atoms with E-state index in [1.54, 1.807) is 0 Å². The molecule has 1 N–H and O–H groups in total. The molecule has 1 aliphatic carbocycles. The molecule has 0 heterocycles. The van der Waals surface area contributed by atoms with E-state index in [0.717, 1.165) is 19.0 Å².